The largest absolute Gasteiger partial charge is 0.416 e. The average Bonchev–Trinajstić information content (AvgIpc) is 2.35. The summed E-state index contributed by atoms with van der Waals surface area (Å²) in [5.74, 6) is -0.0775. The maximum atomic E-state index is 12.9. The Bertz CT molecular complexity index is 622. The Hall–Kier alpha value is -2.10. The van der Waals surface area contributed by atoms with Crippen LogP contribution in [-0.4, -0.2) is 5.78 Å². The monoisotopic (exact) mass is 278 g/mol. The molecule has 0 saturated carbocycles. The van der Waals surface area contributed by atoms with E-state index in [9.17, 15) is 18.0 Å². The quantitative estimate of drug-likeness (QED) is 0.735. The molecule has 0 saturated heterocycles. The zero-order valence-electron chi connectivity index (χ0n) is 11.1. The van der Waals surface area contributed by atoms with Crippen molar-refractivity contribution in [2.75, 3.05) is 0 Å². The smallest absolute Gasteiger partial charge is 0.289 e. The summed E-state index contributed by atoms with van der Waals surface area (Å²) in [5.41, 5.74) is 1.07. The van der Waals surface area contributed by atoms with Crippen molar-refractivity contribution in [3.05, 3.63) is 64.3 Å². The number of allylic oxidation sites excluding steroid dienone is 5. The zero-order valence-corrected chi connectivity index (χ0v) is 11.1. The molecule has 104 valence electrons. The van der Waals surface area contributed by atoms with Crippen LogP contribution in [0, 0.1) is 0 Å². The summed E-state index contributed by atoms with van der Waals surface area (Å²) in [6, 6.07) is 5.38. The standard InChI is InChI=1S/C16H13F3O/c1-10-7-12(8-11(2)15(10)20)9-13-5-3-4-6-14(13)16(17,18)19/h3-9H,1-2H3. The topological polar surface area (TPSA) is 17.1 Å². The van der Waals surface area contributed by atoms with Crippen LogP contribution in [0.3, 0.4) is 0 Å². The molecule has 0 aromatic heterocycles. The van der Waals surface area contributed by atoms with Gasteiger partial charge >= 0.3 is 6.18 Å². The van der Waals surface area contributed by atoms with Crippen molar-refractivity contribution in [3.8, 4) is 0 Å². The average molecular weight is 278 g/mol. The highest BCUT2D eigenvalue weighted by Crippen LogP contribution is 2.33. The van der Waals surface area contributed by atoms with Crippen molar-refractivity contribution in [3.63, 3.8) is 0 Å². The van der Waals surface area contributed by atoms with E-state index in [-0.39, 0.29) is 11.3 Å². The van der Waals surface area contributed by atoms with Crippen LogP contribution in [0.4, 0.5) is 13.2 Å². The van der Waals surface area contributed by atoms with Crippen molar-refractivity contribution >= 4 is 11.9 Å². The Balaban J connectivity index is 2.50. The molecule has 1 nitrogen and oxygen atoms in total. The third kappa shape index (κ3) is 2.90. The van der Waals surface area contributed by atoms with Crippen LogP contribution in [0.2, 0.25) is 0 Å². The fourth-order valence-electron chi connectivity index (χ4n) is 2.13. The zero-order chi connectivity index (χ0) is 14.9. The van der Waals surface area contributed by atoms with Gasteiger partial charge in [0.25, 0.3) is 0 Å². The molecule has 2 rings (SSSR count). The number of hydrogen-bond acceptors (Lipinski definition) is 1. The van der Waals surface area contributed by atoms with Gasteiger partial charge in [-0.15, -0.1) is 0 Å². The molecular formula is C16H13F3O. The molecule has 0 aliphatic heterocycles. The van der Waals surface area contributed by atoms with Crippen molar-refractivity contribution < 1.29 is 18.0 Å². The van der Waals surface area contributed by atoms with E-state index in [1.807, 2.05) is 0 Å². The number of ketones is 1. The molecule has 0 N–H and O–H groups in total. The summed E-state index contributed by atoms with van der Waals surface area (Å²) in [4.78, 5) is 11.6. The second-order valence-electron chi connectivity index (χ2n) is 4.71. The summed E-state index contributed by atoms with van der Waals surface area (Å²) in [5, 5.41) is 0. The third-order valence-electron chi connectivity index (χ3n) is 3.07. The Morgan fingerprint density at radius 1 is 1.00 bits per heavy atom. The number of benzene rings is 1. The molecule has 0 heterocycles. The summed E-state index contributed by atoms with van der Waals surface area (Å²) in [7, 11) is 0. The van der Waals surface area contributed by atoms with Gasteiger partial charge in [-0.1, -0.05) is 18.2 Å². The van der Waals surface area contributed by atoms with E-state index in [0.717, 1.165) is 6.07 Å². The molecule has 0 spiro atoms. The van der Waals surface area contributed by atoms with Gasteiger partial charge in [-0.05, 0) is 60.4 Å². The van der Waals surface area contributed by atoms with E-state index in [2.05, 4.69) is 0 Å². The third-order valence-corrected chi connectivity index (χ3v) is 3.07. The Labute approximate surface area is 115 Å². The lowest BCUT2D eigenvalue weighted by Gasteiger charge is -2.12. The van der Waals surface area contributed by atoms with Crippen molar-refractivity contribution in [2.45, 2.75) is 20.0 Å². The maximum absolute atomic E-state index is 12.9. The lowest BCUT2D eigenvalue weighted by molar-refractivity contribution is -0.137. The van der Waals surface area contributed by atoms with E-state index in [1.165, 1.54) is 18.2 Å². The van der Waals surface area contributed by atoms with Crippen molar-refractivity contribution in [1.82, 2.24) is 0 Å². The number of Topliss-reactive ketones (excluding diaryl/α,β-unsaturated/α-hetero) is 1. The predicted molar refractivity (Wildman–Crippen MR) is 71.9 cm³/mol. The molecular weight excluding hydrogens is 265 g/mol. The van der Waals surface area contributed by atoms with Crippen molar-refractivity contribution in [2.24, 2.45) is 0 Å². The molecule has 1 aromatic carbocycles. The number of carbonyl (C=O) groups is 1. The second kappa shape index (κ2) is 5.12. The first-order valence-electron chi connectivity index (χ1n) is 6.08. The van der Waals surface area contributed by atoms with Gasteiger partial charge in [0.05, 0.1) is 5.56 Å². The number of alkyl halides is 3. The predicted octanol–water partition coefficient (Wildman–Crippen LogP) is 4.56. The number of rotatable bonds is 1. The lowest BCUT2D eigenvalue weighted by atomic mass is 9.94. The molecule has 1 aliphatic rings. The number of hydrogen-bond donors (Lipinski definition) is 0. The first-order valence-corrected chi connectivity index (χ1v) is 6.08. The highest BCUT2D eigenvalue weighted by Gasteiger charge is 2.32. The minimum atomic E-state index is -4.39. The SMILES string of the molecule is CC1=CC(=Cc2ccccc2C(F)(F)F)C=C(C)C1=O. The van der Waals surface area contributed by atoms with Gasteiger partial charge in [-0.3, -0.25) is 4.79 Å². The molecule has 4 heteroatoms. The lowest BCUT2D eigenvalue weighted by Crippen LogP contribution is -2.08. The van der Waals surface area contributed by atoms with E-state index in [0.29, 0.717) is 16.7 Å². The molecule has 0 fully saturated rings. The molecule has 0 unspecified atom stereocenters. The van der Waals surface area contributed by atoms with E-state index in [1.54, 1.807) is 32.1 Å². The first kappa shape index (κ1) is 14.3. The van der Waals surface area contributed by atoms with E-state index in [4.69, 9.17) is 0 Å². The summed E-state index contributed by atoms with van der Waals surface area (Å²) < 4.78 is 38.7. The fourth-order valence-corrected chi connectivity index (χ4v) is 2.13. The van der Waals surface area contributed by atoms with Crippen LogP contribution < -0.4 is 0 Å². The van der Waals surface area contributed by atoms with Gasteiger partial charge in [0, 0.05) is 0 Å². The molecule has 1 aromatic rings. The normalized spacial score (nSPS) is 15.8. The molecule has 20 heavy (non-hydrogen) atoms. The van der Waals surface area contributed by atoms with Gasteiger partial charge in [0.15, 0.2) is 5.78 Å². The van der Waals surface area contributed by atoms with Crippen molar-refractivity contribution in [1.29, 1.82) is 0 Å². The van der Waals surface area contributed by atoms with Crippen LogP contribution in [0.5, 0.6) is 0 Å². The van der Waals surface area contributed by atoms with Gasteiger partial charge in [0.2, 0.25) is 0 Å². The van der Waals surface area contributed by atoms with Gasteiger partial charge in [-0.25, -0.2) is 0 Å². The Morgan fingerprint density at radius 3 is 2.10 bits per heavy atom. The highest BCUT2D eigenvalue weighted by atomic mass is 19.4. The Kier molecular flexibility index (Phi) is 3.66. The maximum Gasteiger partial charge on any atom is 0.416 e. The molecule has 0 atom stereocenters. The first-order chi connectivity index (χ1) is 9.29. The fraction of sp³-hybridized carbons (Fsp3) is 0.188. The second-order valence-corrected chi connectivity index (χ2v) is 4.71. The minimum Gasteiger partial charge on any atom is -0.289 e. The number of carbonyl (C=O) groups excluding carboxylic acids is 1. The van der Waals surface area contributed by atoms with Crippen LogP contribution >= 0.6 is 0 Å². The van der Waals surface area contributed by atoms with Crippen LogP contribution in [-0.2, 0) is 11.0 Å². The molecule has 0 radical (unpaired) electrons. The van der Waals surface area contributed by atoms with Gasteiger partial charge < -0.3 is 0 Å². The molecule has 0 amide bonds. The van der Waals surface area contributed by atoms with E-state index >= 15 is 0 Å². The number of halogens is 3. The summed E-state index contributed by atoms with van der Waals surface area (Å²) in [6.45, 7) is 3.31. The highest BCUT2D eigenvalue weighted by molar-refractivity contribution is 6.09. The van der Waals surface area contributed by atoms with Crippen LogP contribution in [0.15, 0.2) is 53.1 Å². The summed E-state index contributed by atoms with van der Waals surface area (Å²) in [6.07, 6.45) is 0.253. The molecule has 1 aliphatic carbocycles. The van der Waals surface area contributed by atoms with Crippen LogP contribution in [0.1, 0.15) is 25.0 Å². The van der Waals surface area contributed by atoms with Crippen LogP contribution in [0.25, 0.3) is 6.08 Å². The van der Waals surface area contributed by atoms with Gasteiger partial charge in [-0.2, -0.15) is 13.2 Å². The minimum absolute atomic E-state index is 0.0775. The Morgan fingerprint density at radius 2 is 1.55 bits per heavy atom. The summed E-state index contributed by atoms with van der Waals surface area (Å²) >= 11 is 0. The molecule has 0 bridgehead atoms. The van der Waals surface area contributed by atoms with E-state index < -0.39 is 11.7 Å². The van der Waals surface area contributed by atoms with Gasteiger partial charge in [0.1, 0.15) is 0 Å².